The Morgan fingerprint density at radius 3 is 1.89 bits per heavy atom. The Labute approximate surface area is 120 Å². The van der Waals surface area contributed by atoms with Crippen molar-refractivity contribution >= 4 is 0 Å². The van der Waals surface area contributed by atoms with Crippen molar-refractivity contribution in [3.8, 4) is 0 Å². The maximum Gasteiger partial charge on any atom is 0.0282 e. The monoisotopic (exact) mass is 263 g/mol. The molecule has 0 N–H and O–H groups in total. The minimum absolute atomic E-state index is 0.586. The van der Waals surface area contributed by atoms with Crippen LogP contribution in [-0.2, 0) is 0 Å². The van der Waals surface area contributed by atoms with Crippen molar-refractivity contribution in [3.05, 3.63) is 22.3 Å². The molecule has 110 valence electrons. The molecule has 0 radical (unpaired) electrons. The first kappa shape index (κ1) is 16.5. The highest BCUT2D eigenvalue weighted by molar-refractivity contribution is 5.49. The van der Waals surface area contributed by atoms with Gasteiger partial charge in [0.15, 0.2) is 0 Å². The summed E-state index contributed by atoms with van der Waals surface area (Å²) in [6.45, 7) is 9.30. The van der Waals surface area contributed by atoms with Crippen molar-refractivity contribution < 1.29 is 0 Å². The van der Waals surface area contributed by atoms with Crippen molar-refractivity contribution in [2.75, 3.05) is 14.1 Å². The van der Waals surface area contributed by atoms with Crippen LogP contribution in [0.5, 0.6) is 0 Å². The molecule has 1 rings (SSSR count). The Hall–Kier alpha value is -0.560. The molecule has 0 spiro atoms. The highest BCUT2D eigenvalue weighted by Crippen LogP contribution is 2.41. The van der Waals surface area contributed by atoms with E-state index in [-0.39, 0.29) is 0 Å². The van der Waals surface area contributed by atoms with Crippen LogP contribution in [0.15, 0.2) is 22.3 Å². The van der Waals surface area contributed by atoms with Crippen LogP contribution in [0.25, 0.3) is 0 Å². The molecule has 1 heteroatoms. The van der Waals surface area contributed by atoms with Crippen LogP contribution < -0.4 is 0 Å². The molecule has 1 unspecified atom stereocenters. The summed E-state index contributed by atoms with van der Waals surface area (Å²) < 4.78 is 0. The summed E-state index contributed by atoms with van der Waals surface area (Å²) in [5.74, 6) is 0. The Balaban J connectivity index is 3.08. The Kier molecular flexibility index (Phi) is 6.85. The summed E-state index contributed by atoms with van der Waals surface area (Å²) in [5, 5.41) is 0. The summed E-state index contributed by atoms with van der Waals surface area (Å²) in [4.78, 5) is 2.36. The second-order valence-electron chi connectivity index (χ2n) is 6.15. The smallest absolute Gasteiger partial charge is 0.0282 e. The predicted octanol–water partition coefficient (Wildman–Crippen LogP) is 5.33. The molecule has 1 nitrogen and oxygen atoms in total. The number of allylic oxidation sites excluding steroid dienone is 3. The fourth-order valence-electron chi connectivity index (χ4n) is 3.24. The molecule has 1 aliphatic carbocycles. The zero-order valence-corrected chi connectivity index (χ0v) is 14.0. The van der Waals surface area contributed by atoms with E-state index >= 15 is 0 Å². The van der Waals surface area contributed by atoms with Crippen LogP contribution in [0.4, 0.5) is 0 Å². The third kappa shape index (κ3) is 3.95. The molecule has 0 aromatic rings. The second-order valence-corrected chi connectivity index (χ2v) is 6.15. The topological polar surface area (TPSA) is 3.24 Å². The molecule has 0 aromatic heterocycles. The van der Waals surface area contributed by atoms with E-state index in [1.54, 1.807) is 22.3 Å². The lowest BCUT2D eigenvalue weighted by Crippen LogP contribution is -2.27. The van der Waals surface area contributed by atoms with Gasteiger partial charge in [-0.25, -0.2) is 0 Å². The summed E-state index contributed by atoms with van der Waals surface area (Å²) >= 11 is 0. The van der Waals surface area contributed by atoms with Gasteiger partial charge in [0, 0.05) is 6.04 Å². The van der Waals surface area contributed by atoms with Crippen molar-refractivity contribution in [3.63, 3.8) is 0 Å². The van der Waals surface area contributed by atoms with Crippen molar-refractivity contribution in [2.24, 2.45) is 0 Å². The summed E-state index contributed by atoms with van der Waals surface area (Å²) in [7, 11) is 4.41. The first-order valence-corrected chi connectivity index (χ1v) is 8.16. The molecule has 1 aliphatic rings. The van der Waals surface area contributed by atoms with Gasteiger partial charge in [-0.1, -0.05) is 45.6 Å². The molecular weight excluding hydrogens is 230 g/mol. The third-order valence-electron chi connectivity index (χ3n) is 4.41. The lowest BCUT2D eigenvalue weighted by molar-refractivity contribution is 0.345. The molecule has 0 amide bonds. The van der Waals surface area contributed by atoms with E-state index in [1.165, 1.54) is 44.9 Å². The highest BCUT2D eigenvalue weighted by Gasteiger charge is 2.26. The van der Waals surface area contributed by atoms with E-state index in [0.717, 1.165) is 0 Å². The van der Waals surface area contributed by atoms with Crippen LogP contribution in [-0.4, -0.2) is 25.0 Å². The lowest BCUT2D eigenvalue weighted by atomic mass is 9.94. The molecule has 0 saturated heterocycles. The van der Waals surface area contributed by atoms with E-state index in [9.17, 15) is 0 Å². The van der Waals surface area contributed by atoms with Gasteiger partial charge in [0.25, 0.3) is 0 Å². The minimum atomic E-state index is 0.586. The van der Waals surface area contributed by atoms with Gasteiger partial charge in [-0.2, -0.15) is 0 Å². The first-order valence-electron chi connectivity index (χ1n) is 8.16. The number of rotatable bonds is 8. The average molecular weight is 263 g/mol. The van der Waals surface area contributed by atoms with E-state index in [2.05, 4.69) is 46.7 Å². The van der Waals surface area contributed by atoms with Crippen LogP contribution >= 0.6 is 0 Å². The quantitative estimate of drug-likeness (QED) is 0.572. The molecule has 0 fully saturated rings. The SMILES string of the molecule is CCCC1=C(CCC)C(CCC)=C(C(C)N(C)C)C1. The van der Waals surface area contributed by atoms with Crippen LogP contribution in [0.3, 0.4) is 0 Å². The van der Waals surface area contributed by atoms with E-state index in [4.69, 9.17) is 0 Å². The fraction of sp³-hybridized carbons (Fsp3) is 0.778. The minimum Gasteiger partial charge on any atom is -0.303 e. The molecule has 0 aliphatic heterocycles. The van der Waals surface area contributed by atoms with E-state index in [1.807, 2.05) is 0 Å². The van der Waals surface area contributed by atoms with Gasteiger partial charge < -0.3 is 4.90 Å². The zero-order chi connectivity index (χ0) is 14.4. The van der Waals surface area contributed by atoms with Gasteiger partial charge in [0.1, 0.15) is 0 Å². The zero-order valence-electron chi connectivity index (χ0n) is 14.0. The number of hydrogen-bond acceptors (Lipinski definition) is 1. The highest BCUT2D eigenvalue weighted by atomic mass is 15.1. The molecule has 0 heterocycles. The molecule has 19 heavy (non-hydrogen) atoms. The van der Waals surface area contributed by atoms with Crippen LogP contribution in [0, 0.1) is 0 Å². The number of likely N-dealkylation sites (N-methyl/N-ethyl adjacent to an activating group) is 1. The van der Waals surface area contributed by atoms with Gasteiger partial charge in [-0.15, -0.1) is 0 Å². The Bertz CT molecular complexity index is 347. The number of nitrogens with zero attached hydrogens (tertiary/aromatic N) is 1. The van der Waals surface area contributed by atoms with Gasteiger partial charge in [-0.05, 0) is 63.4 Å². The van der Waals surface area contributed by atoms with E-state index in [0.29, 0.717) is 6.04 Å². The molecule has 0 bridgehead atoms. The van der Waals surface area contributed by atoms with Gasteiger partial charge in [0.05, 0.1) is 0 Å². The van der Waals surface area contributed by atoms with E-state index < -0.39 is 0 Å². The van der Waals surface area contributed by atoms with Crippen molar-refractivity contribution in [2.45, 2.75) is 78.7 Å². The summed E-state index contributed by atoms with van der Waals surface area (Å²) in [6.07, 6.45) is 8.94. The average Bonchev–Trinajstić information content (AvgIpc) is 2.69. The maximum absolute atomic E-state index is 2.36. The summed E-state index contributed by atoms with van der Waals surface area (Å²) in [5.41, 5.74) is 6.90. The van der Waals surface area contributed by atoms with Gasteiger partial charge in [0.2, 0.25) is 0 Å². The Morgan fingerprint density at radius 2 is 1.42 bits per heavy atom. The van der Waals surface area contributed by atoms with Gasteiger partial charge in [-0.3, -0.25) is 0 Å². The number of hydrogen-bond donors (Lipinski definition) is 0. The van der Waals surface area contributed by atoms with Gasteiger partial charge >= 0.3 is 0 Å². The Morgan fingerprint density at radius 1 is 0.895 bits per heavy atom. The van der Waals surface area contributed by atoms with Crippen molar-refractivity contribution in [1.29, 1.82) is 0 Å². The third-order valence-corrected chi connectivity index (χ3v) is 4.41. The molecule has 1 atom stereocenters. The second kappa shape index (κ2) is 7.89. The normalized spacial score (nSPS) is 17.8. The van der Waals surface area contributed by atoms with Crippen molar-refractivity contribution in [1.82, 2.24) is 4.90 Å². The molecule has 0 saturated carbocycles. The molecule has 0 aromatic carbocycles. The van der Waals surface area contributed by atoms with Crippen LogP contribution in [0.2, 0.25) is 0 Å². The standard InChI is InChI=1S/C18H33N/c1-7-10-15-13-18(14(4)19(5)6)17(12-9-3)16(15)11-8-2/h14H,7-13H2,1-6H3. The summed E-state index contributed by atoms with van der Waals surface area (Å²) in [6, 6.07) is 0.586. The van der Waals surface area contributed by atoms with Crippen LogP contribution in [0.1, 0.15) is 72.6 Å². The molecular formula is C18H33N. The first-order chi connectivity index (χ1) is 9.06. The largest absolute Gasteiger partial charge is 0.303 e. The maximum atomic E-state index is 2.36. The lowest BCUT2D eigenvalue weighted by Gasteiger charge is -2.23. The fourth-order valence-corrected chi connectivity index (χ4v) is 3.24. The predicted molar refractivity (Wildman–Crippen MR) is 86.5 cm³/mol.